The van der Waals surface area contributed by atoms with Crippen LogP contribution in [-0.4, -0.2) is 42.4 Å². The van der Waals surface area contributed by atoms with Crippen LogP contribution in [0.2, 0.25) is 0 Å². The predicted octanol–water partition coefficient (Wildman–Crippen LogP) is 7.89. The highest BCUT2D eigenvalue weighted by Crippen LogP contribution is 2.34. The number of rotatable bonds is 11. The van der Waals surface area contributed by atoms with Crippen molar-refractivity contribution in [3.63, 3.8) is 0 Å². The Bertz CT molecular complexity index is 979. The molecule has 6 heteroatoms. The summed E-state index contributed by atoms with van der Waals surface area (Å²) < 4.78 is 42.3. The Morgan fingerprint density at radius 2 is 1.83 bits per heavy atom. The average Bonchev–Trinajstić information content (AvgIpc) is 2.86. The second-order valence-electron chi connectivity index (χ2n) is 9.05. The van der Waals surface area contributed by atoms with Gasteiger partial charge in [-0.1, -0.05) is 73.8 Å². The van der Waals surface area contributed by atoms with E-state index in [4.69, 9.17) is 0 Å². The molecule has 0 spiro atoms. The van der Waals surface area contributed by atoms with Gasteiger partial charge in [0, 0.05) is 11.4 Å². The predicted molar refractivity (Wildman–Crippen MR) is 142 cm³/mol. The summed E-state index contributed by atoms with van der Waals surface area (Å²) in [5.41, 5.74) is 1.55. The van der Waals surface area contributed by atoms with Crippen LogP contribution in [0.15, 0.2) is 90.9 Å². The van der Waals surface area contributed by atoms with Crippen LogP contribution in [0.1, 0.15) is 47.8 Å². The Morgan fingerprint density at radius 3 is 2.46 bits per heavy atom. The summed E-state index contributed by atoms with van der Waals surface area (Å²) in [5.74, 6) is 0.569. The zero-order valence-electron chi connectivity index (χ0n) is 20.4. The van der Waals surface area contributed by atoms with Crippen LogP contribution in [0.25, 0.3) is 0 Å². The van der Waals surface area contributed by atoms with E-state index in [0.29, 0.717) is 12.5 Å². The molecule has 2 nitrogen and oxygen atoms in total. The Hall–Kier alpha value is -2.28. The minimum Gasteiger partial charge on any atom is -0.303 e. The lowest BCUT2D eigenvalue weighted by molar-refractivity contribution is -0.137. The summed E-state index contributed by atoms with van der Waals surface area (Å²) in [5, 5.41) is 0. The number of likely N-dealkylation sites (N-methyl/N-ethyl adjacent to an activating group) is 1. The molecule has 1 saturated heterocycles. The lowest BCUT2D eigenvalue weighted by Gasteiger charge is -2.33. The van der Waals surface area contributed by atoms with Gasteiger partial charge in [-0.2, -0.15) is 13.2 Å². The molecule has 0 N–H and O–H groups in total. The first-order valence-corrected chi connectivity index (χ1v) is 12.9. The summed E-state index contributed by atoms with van der Waals surface area (Å²) in [6, 6.07) is 16.5. The van der Waals surface area contributed by atoms with Gasteiger partial charge < -0.3 is 4.90 Å². The standard InChI is InChI=1S/C29H35F3N2S/c1-4-10-28(5-2)35-33(3)22-26(25-13-9-14-27(21-25)29(30,31)32)17-20-34-18-15-24(16-19-34)23-11-7-6-8-12-23/h4-14,21,24,26H,1-2,15-20,22H2,3H3/b28-10+. The van der Waals surface area contributed by atoms with Gasteiger partial charge in [-0.25, -0.2) is 4.31 Å². The fraction of sp³-hybridized carbons (Fsp3) is 0.379. The molecule has 0 amide bonds. The molecule has 35 heavy (non-hydrogen) atoms. The number of benzene rings is 2. The second-order valence-corrected chi connectivity index (χ2v) is 10.3. The minimum absolute atomic E-state index is 0.0172. The van der Waals surface area contributed by atoms with Gasteiger partial charge in [0.15, 0.2) is 0 Å². The molecule has 2 aromatic rings. The molecule has 3 rings (SSSR count). The molecule has 2 aromatic carbocycles. The van der Waals surface area contributed by atoms with Crippen LogP contribution in [0, 0.1) is 0 Å². The molecule has 1 heterocycles. The van der Waals surface area contributed by atoms with Crippen molar-refractivity contribution in [3.05, 3.63) is 108 Å². The van der Waals surface area contributed by atoms with Crippen molar-refractivity contribution in [1.82, 2.24) is 9.21 Å². The van der Waals surface area contributed by atoms with Crippen molar-refractivity contribution in [2.75, 3.05) is 33.2 Å². The summed E-state index contributed by atoms with van der Waals surface area (Å²) in [7, 11) is 1.97. The molecule has 1 atom stereocenters. The van der Waals surface area contributed by atoms with E-state index in [1.807, 2.05) is 25.3 Å². The van der Waals surface area contributed by atoms with Gasteiger partial charge in [-0.3, -0.25) is 0 Å². The minimum atomic E-state index is -4.34. The van der Waals surface area contributed by atoms with Crippen LogP contribution in [0.3, 0.4) is 0 Å². The molecule has 0 bridgehead atoms. The largest absolute Gasteiger partial charge is 0.416 e. The number of likely N-dealkylation sites (tertiary alicyclic amines) is 1. The van der Waals surface area contributed by atoms with Crippen molar-refractivity contribution < 1.29 is 13.2 Å². The van der Waals surface area contributed by atoms with Crippen LogP contribution in [-0.2, 0) is 6.18 Å². The normalized spacial score (nSPS) is 16.9. The van der Waals surface area contributed by atoms with Gasteiger partial charge in [-0.15, -0.1) is 0 Å². The SMILES string of the molecule is C=C/C=C(\C=C)SN(C)CC(CCN1CCC(c2ccccc2)CC1)c1cccc(C(F)(F)F)c1. The van der Waals surface area contributed by atoms with Crippen molar-refractivity contribution in [2.45, 2.75) is 37.3 Å². The quantitative estimate of drug-likeness (QED) is 0.229. The van der Waals surface area contributed by atoms with Crippen molar-refractivity contribution in [3.8, 4) is 0 Å². The molecule has 188 valence electrons. The van der Waals surface area contributed by atoms with E-state index in [2.05, 4.69) is 46.6 Å². The number of hydrogen-bond acceptors (Lipinski definition) is 3. The first-order valence-electron chi connectivity index (χ1n) is 12.1. The smallest absolute Gasteiger partial charge is 0.303 e. The lowest BCUT2D eigenvalue weighted by Crippen LogP contribution is -2.35. The zero-order valence-corrected chi connectivity index (χ0v) is 21.2. The van der Waals surface area contributed by atoms with E-state index in [1.54, 1.807) is 12.2 Å². The molecule has 1 unspecified atom stereocenters. The Kier molecular flexibility index (Phi) is 10.3. The summed E-state index contributed by atoms with van der Waals surface area (Å²) >= 11 is 1.53. The summed E-state index contributed by atoms with van der Waals surface area (Å²) in [6.45, 7) is 11.1. The van der Waals surface area contributed by atoms with E-state index in [0.717, 1.165) is 55.4 Å². The number of allylic oxidation sites excluding steroid dienone is 3. The van der Waals surface area contributed by atoms with Gasteiger partial charge in [0.1, 0.15) is 0 Å². The molecular weight excluding hydrogens is 465 g/mol. The van der Waals surface area contributed by atoms with Crippen LogP contribution < -0.4 is 0 Å². The van der Waals surface area contributed by atoms with E-state index < -0.39 is 11.7 Å². The van der Waals surface area contributed by atoms with E-state index in [9.17, 15) is 13.2 Å². The zero-order chi connectivity index (χ0) is 25.3. The Balaban J connectivity index is 1.67. The van der Waals surface area contributed by atoms with E-state index in [1.165, 1.54) is 29.6 Å². The second kappa shape index (κ2) is 13.1. The van der Waals surface area contributed by atoms with Crippen molar-refractivity contribution >= 4 is 11.9 Å². The molecule has 1 aliphatic heterocycles. The molecular formula is C29H35F3N2S. The third-order valence-electron chi connectivity index (χ3n) is 6.56. The highest BCUT2D eigenvalue weighted by molar-refractivity contribution is 8.01. The topological polar surface area (TPSA) is 6.48 Å². The van der Waals surface area contributed by atoms with Gasteiger partial charge in [0.05, 0.1) is 5.56 Å². The third-order valence-corrected chi connectivity index (χ3v) is 7.53. The van der Waals surface area contributed by atoms with Gasteiger partial charge in [-0.05, 0) is 93.0 Å². The number of alkyl halides is 3. The molecule has 1 aliphatic rings. The van der Waals surface area contributed by atoms with Crippen LogP contribution in [0.4, 0.5) is 13.2 Å². The third kappa shape index (κ3) is 8.41. The highest BCUT2D eigenvalue weighted by atomic mass is 32.2. The molecule has 0 aliphatic carbocycles. The molecule has 0 saturated carbocycles. The molecule has 1 fully saturated rings. The van der Waals surface area contributed by atoms with Crippen molar-refractivity contribution in [2.24, 2.45) is 0 Å². The molecule has 0 aromatic heterocycles. The average molecular weight is 501 g/mol. The van der Waals surface area contributed by atoms with Gasteiger partial charge >= 0.3 is 6.18 Å². The monoisotopic (exact) mass is 500 g/mol. The van der Waals surface area contributed by atoms with E-state index >= 15 is 0 Å². The van der Waals surface area contributed by atoms with Gasteiger partial charge in [0.25, 0.3) is 0 Å². The maximum atomic E-state index is 13.4. The van der Waals surface area contributed by atoms with Crippen LogP contribution >= 0.6 is 11.9 Å². The Morgan fingerprint density at radius 1 is 1.11 bits per heavy atom. The fourth-order valence-corrected chi connectivity index (χ4v) is 5.51. The number of nitrogens with zero attached hydrogens (tertiary/aromatic N) is 2. The first-order chi connectivity index (χ1) is 16.8. The fourth-order valence-electron chi connectivity index (χ4n) is 4.67. The Labute approximate surface area is 212 Å². The van der Waals surface area contributed by atoms with E-state index in [-0.39, 0.29) is 5.92 Å². The number of piperidine rings is 1. The van der Waals surface area contributed by atoms with Gasteiger partial charge in [0.2, 0.25) is 0 Å². The maximum Gasteiger partial charge on any atom is 0.416 e. The summed E-state index contributed by atoms with van der Waals surface area (Å²) in [4.78, 5) is 3.41. The maximum absolute atomic E-state index is 13.4. The summed E-state index contributed by atoms with van der Waals surface area (Å²) in [6.07, 6.45) is 4.04. The number of halogens is 3. The first kappa shape index (κ1) is 27.3. The highest BCUT2D eigenvalue weighted by Gasteiger charge is 2.31. The molecule has 0 radical (unpaired) electrons. The van der Waals surface area contributed by atoms with Crippen molar-refractivity contribution in [1.29, 1.82) is 0 Å². The number of hydrogen-bond donors (Lipinski definition) is 0. The lowest BCUT2D eigenvalue weighted by atomic mass is 9.89. The van der Waals surface area contributed by atoms with Crippen LogP contribution in [0.5, 0.6) is 0 Å².